The second-order valence-corrected chi connectivity index (χ2v) is 4.11. The molecule has 0 atom stereocenters. The van der Waals surface area contributed by atoms with Crippen molar-refractivity contribution < 1.29 is 14.3 Å². The number of nitrogens with zero attached hydrogens (tertiary/aromatic N) is 1. The van der Waals surface area contributed by atoms with E-state index >= 15 is 0 Å². The monoisotopic (exact) mass is 285 g/mol. The molecule has 6 heteroatoms. The second-order valence-electron chi connectivity index (χ2n) is 4.11. The first-order valence-electron chi connectivity index (χ1n) is 6.44. The van der Waals surface area contributed by atoms with Gasteiger partial charge in [0.05, 0.1) is 6.61 Å². The Labute approximate surface area is 122 Å². The summed E-state index contributed by atoms with van der Waals surface area (Å²) in [5.74, 6) is -0.233. The average Bonchev–Trinajstić information content (AvgIpc) is 2.49. The van der Waals surface area contributed by atoms with Crippen LogP contribution >= 0.6 is 0 Å². The molecule has 21 heavy (non-hydrogen) atoms. The number of pyridine rings is 1. The molecule has 1 aromatic heterocycles. The van der Waals surface area contributed by atoms with Crippen molar-refractivity contribution in [1.82, 2.24) is 4.98 Å². The van der Waals surface area contributed by atoms with Gasteiger partial charge in [0.15, 0.2) is 0 Å². The van der Waals surface area contributed by atoms with Gasteiger partial charge in [-0.3, -0.25) is 15.1 Å². The second kappa shape index (κ2) is 7.04. The van der Waals surface area contributed by atoms with Crippen LogP contribution in [0.4, 0.5) is 16.2 Å². The van der Waals surface area contributed by atoms with Crippen molar-refractivity contribution in [3.8, 4) is 0 Å². The Morgan fingerprint density at radius 3 is 2.24 bits per heavy atom. The van der Waals surface area contributed by atoms with Crippen LogP contribution < -0.4 is 10.6 Å². The van der Waals surface area contributed by atoms with Crippen molar-refractivity contribution in [1.29, 1.82) is 0 Å². The molecule has 0 aliphatic carbocycles. The van der Waals surface area contributed by atoms with Crippen LogP contribution in [0.25, 0.3) is 0 Å². The summed E-state index contributed by atoms with van der Waals surface area (Å²) in [6, 6.07) is 9.93. The summed E-state index contributed by atoms with van der Waals surface area (Å²) in [5.41, 5.74) is 1.72. The smallest absolute Gasteiger partial charge is 0.411 e. The van der Waals surface area contributed by atoms with Crippen molar-refractivity contribution in [2.75, 3.05) is 17.2 Å². The van der Waals surface area contributed by atoms with E-state index in [0.717, 1.165) is 0 Å². The zero-order chi connectivity index (χ0) is 15.1. The van der Waals surface area contributed by atoms with E-state index in [0.29, 0.717) is 23.5 Å². The maximum Gasteiger partial charge on any atom is 0.411 e. The highest BCUT2D eigenvalue weighted by Crippen LogP contribution is 2.12. The van der Waals surface area contributed by atoms with Crippen LogP contribution in [0.5, 0.6) is 0 Å². The Hall–Kier alpha value is -2.89. The molecule has 2 rings (SSSR count). The van der Waals surface area contributed by atoms with Gasteiger partial charge >= 0.3 is 6.09 Å². The van der Waals surface area contributed by atoms with Crippen LogP contribution in [-0.2, 0) is 4.74 Å². The highest BCUT2D eigenvalue weighted by molar-refractivity contribution is 6.04. The van der Waals surface area contributed by atoms with Crippen LogP contribution in [0.3, 0.4) is 0 Å². The topological polar surface area (TPSA) is 80.3 Å². The predicted molar refractivity (Wildman–Crippen MR) is 79.3 cm³/mol. The van der Waals surface area contributed by atoms with E-state index in [2.05, 4.69) is 15.6 Å². The molecule has 0 saturated heterocycles. The third-order valence-electron chi connectivity index (χ3n) is 2.61. The molecule has 0 saturated carbocycles. The van der Waals surface area contributed by atoms with Gasteiger partial charge in [-0.2, -0.15) is 0 Å². The number of anilines is 2. The van der Waals surface area contributed by atoms with Crippen LogP contribution in [0.2, 0.25) is 0 Å². The van der Waals surface area contributed by atoms with E-state index in [1.165, 1.54) is 0 Å². The Kier molecular flexibility index (Phi) is 4.87. The predicted octanol–water partition coefficient (Wildman–Crippen LogP) is 2.90. The minimum absolute atomic E-state index is 0.233. The molecular weight excluding hydrogens is 270 g/mol. The lowest BCUT2D eigenvalue weighted by molar-refractivity contribution is 0.102. The molecule has 108 valence electrons. The van der Waals surface area contributed by atoms with Gasteiger partial charge in [0, 0.05) is 29.3 Å². The first-order chi connectivity index (χ1) is 10.2. The van der Waals surface area contributed by atoms with Crippen LogP contribution in [0, 0.1) is 0 Å². The number of benzene rings is 1. The molecule has 2 aromatic rings. The van der Waals surface area contributed by atoms with Gasteiger partial charge in [0.25, 0.3) is 5.91 Å². The third kappa shape index (κ3) is 4.31. The lowest BCUT2D eigenvalue weighted by atomic mass is 10.2. The molecular formula is C15H15N3O3. The molecule has 0 bridgehead atoms. The lowest BCUT2D eigenvalue weighted by Gasteiger charge is -2.07. The Morgan fingerprint density at radius 1 is 1.00 bits per heavy atom. The number of amides is 2. The number of aromatic nitrogens is 1. The van der Waals surface area contributed by atoms with Gasteiger partial charge in [0.2, 0.25) is 0 Å². The fourth-order valence-corrected chi connectivity index (χ4v) is 1.63. The average molecular weight is 285 g/mol. The molecule has 6 nitrogen and oxygen atoms in total. The maximum absolute atomic E-state index is 12.0. The van der Waals surface area contributed by atoms with Gasteiger partial charge in [-0.05, 0) is 43.3 Å². The van der Waals surface area contributed by atoms with Crippen molar-refractivity contribution in [3.05, 3.63) is 54.4 Å². The van der Waals surface area contributed by atoms with E-state index in [-0.39, 0.29) is 5.91 Å². The molecule has 1 aromatic carbocycles. The van der Waals surface area contributed by atoms with Gasteiger partial charge in [0.1, 0.15) is 0 Å². The molecule has 2 N–H and O–H groups in total. The fourth-order valence-electron chi connectivity index (χ4n) is 1.63. The third-order valence-corrected chi connectivity index (χ3v) is 2.61. The van der Waals surface area contributed by atoms with E-state index in [4.69, 9.17) is 4.74 Å². The molecule has 0 aliphatic rings. The van der Waals surface area contributed by atoms with E-state index in [1.807, 2.05) is 0 Å². The minimum atomic E-state index is -0.522. The quantitative estimate of drug-likeness (QED) is 0.905. The summed E-state index contributed by atoms with van der Waals surface area (Å²) in [5, 5.41) is 5.31. The fraction of sp³-hybridized carbons (Fsp3) is 0.133. The highest BCUT2D eigenvalue weighted by atomic mass is 16.5. The van der Waals surface area contributed by atoms with Gasteiger partial charge in [-0.25, -0.2) is 4.79 Å². The highest BCUT2D eigenvalue weighted by Gasteiger charge is 2.07. The van der Waals surface area contributed by atoms with Gasteiger partial charge < -0.3 is 10.1 Å². The zero-order valence-electron chi connectivity index (χ0n) is 11.5. The van der Waals surface area contributed by atoms with Crippen molar-refractivity contribution in [3.63, 3.8) is 0 Å². The minimum Gasteiger partial charge on any atom is -0.450 e. The van der Waals surface area contributed by atoms with E-state index in [9.17, 15) is 9.59 Å². The Balaban J connectivity index is 1.98. The summed E-state index contributed by atoms with van der Waals surface area (Å²) >= 11 is 0. The largest absolute Gasteiger partial charge is 0.450 e. The molecule has 0 unspecified atom stereocenters. The molecule has 0 fully saturated rings. The Morgan fingerprint density at radius 2 is 1.62 bits per heavy atom. The van der Waals surface area contributed by atoms with E-state index < -0.39 is 6.09 Å². The summed E-state index contributed by atoms with van der Waals surface area (Å²) in [6.07, 6.45) is 2.68. The van der Waals surface area contributed by atoms with Crippen molar-refractivity contribution >= 4 is 23.4 Å². The summed E-state index contributed by atoms with van der Waals surface area (Å²) in [6.45, 7) is 2.03. The first kappa shape index (κ1) is 14.5. The summed E-state index contributed by atoms with van der Waals surface area (Å²) in [7, 11) is 0. The first-order valence-corrected chi connectivity index (χ1v) is 6.44. The van der Waals surface area contributed by atoms with Gasteiger partial charge in [-0.15, -0.1) is 0 Å². The number of hydrogen-bond donors (Lipinski definition) is 2. The molecule has 0 spiro atoms. The normalized spacial score (nSPS) is 9.76. The number of carbonyl (C=O) groups is 2. The maximum atomic E-state index is 12.0. The standard InChI is InChI=1S/C15H15N3O3/c1-2-21-15(20)18-12-5-3-11(4-6-12)14(19)17-13-7-9-16-10-8-13/h3-10H,2H2,1H3,(H,18,20)(H,16,17,19). The van der Waals surface area contributed by atoms with E-state index in [1.54, 1.807) is 55.7 Å². The number of nitrogens with one attached hydrogen (secondary N) is 2. The molecule has 2 amide bonds. The number of carbonyl (C=O) groups excluding carboxylic acids is 2. The number of ether oxygens (including phenoxy) is 1. The molecule has 0 aliphatic heterocycles. The number of hydrogen-bond acceptors (Lipinski definition) is 4. The SMILES string of the molecule is CCOC(=O)Nc1ccc(C(=O)Nc2ccncc2)cc1. The zero-order valence-corrected chi connectivity index (χ0v) is 11.5. The summed E-state index contributed by atoms with van der Waals surface area (Å²) in [4.78, 5) is 27.1. The van der Waals surface area contributed by atoms with Crippen LogP contribution in [0.1, 0.15) is 17.3 Å². The molecule has 0 radical (unpaired) electrons. The van der Waals surface area contributed by atoms with Crippen molar-refractivity contribution in [2.24, 2.45) is 0 Å². The summed E-state index contributed by atoms with van der Waals surface area (Å²) < 4.78 is 4.77. The van der Waals surface area contributed by atoms with Crippen molar-refractivity contribution in [2.45, 2.75) is 6.92 Å². The number of rotatable bonds is 4. The van der Waals surface area contributed by atoms with Crippen LogP contribution in [-0.4, -0.2) is 23.6 Å². The molecule has 1 heterocycles. The van der Waals surface area contributed by atoms with Gasteiger partial charge in [-0.1, -0.05) is 0 Å². The van der Waals surface area contributed by atoms with Crippen LogP contribution in [0.15, 0.2) is 48.8 Å². The Bertz CT molecular complexity index is 612. The lowest BCUT2D eigenvalue weighted by Crippen LogP contribution is -2.14.